The normalized spacial score (nSPS) is 21.6. The van der Waals surface area contributed by atoms with Crippen LogP contribution in [0.4, 0.5) is 4.79 Å². The minimum absolute atomic E-state index is 0.0126. The molecule has 2 fully saturated rings. The van der Waals surface area contributed by atoms with Gasteiger partial charge in [0, 0.05) is 44.7 Å². The number of nitrogens with zero attached hydrogens (tertiary/aromatic N) is 1. The number of rotatable bonds is 26. The maximum Gasteiger partial charge on any atom is 0.407 e. The number of nitrogens with one attached hydrogen (secondary N) is 3. The molecule has 3 N–H and O–H groups in total. The van der Waals surface area contributed by atoms with Gasteiger partial charge >= 0.3 is 24.0 Å². The van der Waals surface area contributed by atoms with Gasteiger partial charge in [0.2, 0.25) is 11.8 Å². The molecule has 0 saturated carbocycles. The van der Waals surface area contributed by atoms with Gasteiger partial charge in [0.05, 0.1) is 82.9 Å². The predicted molar refractivity (Wildman–Crippen MR) is 270 cm³/mol. The van der Waals surface area contributed by atoms with Gasteiger partial charge in [-0.3, -0.25) is 24.0 Å². The fourth-order valence-electron chi connectivity index (χ4n) is 7.77. The van der Waals surface area contributed by atoms with E-state index in [1.165, 1.54) is 13.2 Å². The van der Waals surface area contributed by atoms with E-state index >= 15 is 0 Å². The SMILES string of the molecule is COc1ccc(C[C@H]2NC(=O)C=CC[C@@H]([C@H](C)[C@@H]3O[C@H]3c3ccc(COC(=O)NCCOCCOCCOCCOCCC(=O)ON4C(=O)CCC4=O)cc3)OC(=O)[C@H](CC(C)C)OC(=O)C(C)(C)CNC2=O)cc1Cl. The van der Waals surface area contributed by atoms with E-state index in [0.717, 1.165) is 11.1 Å². The fraction of sp³-hybridized carbons (Fsp3) is 0.585. The number of carbonyl (C=O) groups is 8. The number of methoxy groups -OCH3 is 1. The van der Waals surface area contributed by atoms with Gasteiger partial charge in [0.15, 0.2) is 6.10 Å². The van der Waals surface area contributed by atoms with Crippen LogP contribution in [-0.4, -0.2) is 150 Å². The van der Waals surface area contributed by atoms with Gasteiger partial charge in [0.25, 0.3) is 11.8 Å². The summed E-state index contributed by atoms with van der Waals surface area (Å²) in [5.74, 6) is -4.34. The number of halogens is 1. The molecule has 3 heterocycles. The number of hydrogen-bond acceptors (Lipinski definition) is 18. The number of esters is 2. The van der Waals surface area contributed by atoms with Gasteiger partial charge in [-0.05, 0) is 61.1 Å². The summed E-state index contributed by atoms with van der Waals surface area (Å²) in [6, 6.07) is 11.4. The van der Waals surface area contributed by atoms with Crippen molar-refractivity contribution in [2.75, 3.05) is 73.1 Å². The lowest BCUT2D eigenvalue weighted by Crippen LogP contribution is -2.51. The summed E-state index contributed by atoms with van der Waals surface area (Å²) in [7, 11) is 1.49. The quantitative estimate of drug-likeness (QED) is 0.0387. The summed E-state index contributed by atoms with van der Waals surface area (Å²) < 4.78 is 50.4. The van der Waals surface area contributed by atoms with Crippen LogP contribution in [0.5, 0.6) is 5.75 Å². The van der Waals surface area contributed by atoms with E-state index in [1.54, 1.807) is 38.1 Å². The number of cyclic esters (lactones) is 2. The Morgan fingerprint density at radius 1 is 0.842 bits per heavy atom. The molecule has 0 bridgehead atoms. The van der Waals surface area contributed by atoms with E-state index in [1.807, 2.05) is 45.0 Å². The van der Waals surface area contributed by atoms with Crippen molar-refractivity contribution >= 4 is 59.2 Å². The highest BCUT2D eigenvalue weighted by molar-refractivity contribution is 6.32. The molecule has 0 radical (unpaired) electrons. The maximum absolute atomic E-state index is 13.9. The van der Waals surface area contributed by atoms with Crippen molar-refractivity contribution in [1.82, 2.24) is 21.0 Å². The number of hydrogen-bond donors (Lipinski definition) is 3. The molecule has 2 aromatic carbocycles. The first-order valence-corrected chi connectivity index (χ1v) is 25.7. The molecule has 0 aliphatic carbocycles. The highest BCUT2D eigenvalue weighted by Crippen LogP contribution is 2.45. The second kappa shape index (κ2) is 30.5. The van der Waals surface area contributed by atoms with Crippen molar-refractivity contribution in [2.24, 2.45) is 17.3 Å². The first-order valence-electron chi connectivity index (χ1n) is 25.4. The number of epoxide rings is 1. The Kier molecular flexibility index (Phi) is 24.4. The summed E-state index contributed by atoms with van der Waals surface area (Å²) in [6.07, 6.45) is -0.207. The highest BCUT2D eigenvalue weighted by atomic mass is 35.5. The van der Waals surface area contributed by atoms with E-state index in [0.29, 0.717) is 47.8 Å². The van der Waals surface area contributed by atoms with Crippen LogP contribution in [0.2, 0.25) is 5.02 Å². The number of imide groups is 1. The van der Waals surface area contributed by atoms with Gasteiger partial charge in [0.1, 0.15) is 30.6 Å². The lowest BCUT2D eigenvalue weighted by molar-refractivity contribution is -0.198. The largest absolute Gasteiger partial charge is 0.495 e. The highest BCUT2D eigenvalue weighted by Gasteiger charge is 2.48. The van der Waals surface area contributed by atoms with Crippen LogP contribution in [-0.2, 0) is 89.3 Å². The topological polar surface area (TPSA) is 271 Å². The molecule has 2 saturated heterocycles. The van der Waals surface area contributed by atoms with Gasteiger partial charge in [-0.15, -0.1) is 5.06 Å². The monoisotopic (exact) mass is 1090 g/mol. The third-order valence-electron chi connectivity index (χ3n) is 12.2. The van der Waals surface area contributed by atoms with Crippen LogP contribution in [0.1, 0.15) is 89.5 Å². The Hall–Kier alpha value is -6.17. The van der Waals surface area contributed by atoms with E-state index in [4.69, 9.17) is 59.1 Å². The van der Waals surface area contributed by atoms with Crippen molar-refractivity contribution in [3.05, 3.63) is 76.3 Å². The average Bonchev–Trinajstić information content (AvgIpc) is 4.13. The lowest BCUT2D eigenvalue weighted by Gasteiger charge is -2.29. The fourth-order valence-corrected chi connectivity index (χ4v) is 8.05. The molecule has 418 valence electrons. The zero-order valence-electron chi connectivity index (χ0n) is 43.9. The van der Waals surface area contributed by atoms with Crippen LogP contribution in [0, 0.1) is 17.3 Å². The second-order valence-electron chi connectivity index (χ2n) is 19.3. The zero-order valence-corrected chi connectivity index (χ0v) is 44.7. The third kappa shape index (κ3) is 20.1. The first-order chi connectivity index (χ1) is 36.3. The van der Waals surface area contributed by atoms with E-state index in [9.17, 15) is 38.4 Å². The first kappa shape index (κ1) is 60.7. The summed E-state index contributed by atoms with van der Waals surface area (Å²) in [5, 5.41) is 9.00. The molecule has 22 nitrogen and oxygen atoms in total. The van der Waals surface area contributed by atoms with Crippen molar-refractivity contribution in [2.45, 2.75) is 110 Å². The summed E-state index contributed by atoms with van der Waals surface area (Å²) in [5.41, 5.74) is 0.979. The second-order valence-corrected chi connectivity index (χ2v) is 19.7. The Morgan fingerprint density at radius 2 is 1.47 bits per heavy atom. The van der Waals surface area contributed by atoms with Crippen molar-refractivity contribution in [3.63, 3.8) is 0 Å². The minimum Gasteiger partial charge on any atom is -0.495 e. The minimum atomic E-state index is -1.26. The lowest BCUT2D eigenvalue weighted by atomic mass is 9.92. The Labute approximate surface area is 447 Å². The molecule has 5 amide bonds. The number of benzene rings is 2. The summed E-state index contributed by atoms with van der Waals surface area (Å²) in [6.45, 7) is 10.9. The van der Waals surface area contributed by atoms with Gasteiger partial charge in [-0.25, -0.2) is 14.4 Å². The molecule has 0 unspecified atom stereocenters. The summed E-state index contributed by atoms with van der Waals surface area (Å²) >= 11 is 6.36. The van der Waals surface area contributed by atoms with Crippen molar-refractivity contribution in [1.29, 1.82) is 0 Å². The number of alkyl carbamates (subject to hydrolysis) is 1. The number of amides is 5. The van der Waals surface area contributed by atoms with E-state index in [2.05, 4.69) is 16.0 Å². The standard InChI is InChI=1S/C53H71ClN4O18/c1-33(2)28-42-50(64)73-40(8-7-9-43(59)57-39(30-36-12-15-41(67-6)38(54)29-36)49(63)56-32-53(4,5)51(65)74-42)34(3)47-48(75-47)37-13-10-35(11-14-37)31-72-52(66)55-19-21-69-23-25-71-27-26-70-24-22-68-20-18-46(62)76-58-44(60)16-17-45(58)61/h7,9-15,29,33-34,39-40,42,47-48H,8,16-28,30-32H2,1-6H3,(H,55,66)(H,56,63)(H,57,59)/t34-,39+,40-,42-,47-,48-/m0/s1. The van der Waals surface area contributed by atoms with Gasteiger partial charge < -0.3 is 63.4 Å². The van der Waals surface area contributed by atoms with Crippen molar-refractivity contribution in [3.8, 4) is 5.75 Å². The maximum atomic E-state index is 13.9. The molecule has 23 heteroatoms. The molecule has 5 rings (SSSR count). The predicted octanol–water partition coefficient (Wildman–Crippen LogP) is 4.41. The van der Waals surface area contributed by atoms with E-state index < -0.39 is 77.2 Å². The average molecular weight is 1090 g/mol. The zero-order chi connectivity index (χ0) is 55.2. The van der Waals surface area contributed by atoms with Crippen LogP contribution in [0.15, 0.2) is 54.6 Å². The molecular formula is C53H71ClN4O18. The number of hydroxylamine groups is 2. The molecule has 76 heavy (non-hydrogen) atoms. The van der Waals surface area contributed by atoms with Gasteiger partial charge in [-0.1, -0.05) is 68.8 Å². The number of carbonyl (C=O) groups excluding carboxylic acids is 8. The molecule has 3 aliphatic heterocycles. The molecule has 6 atom stereocenters. The van der Waals surface area contributed by atoms with E-state index in [-0.39, 0.29) is 103 Å². The molecule has 3 aliphatic rings. The Balaban J connectivity index is 1.02. The smallest absolute Gasteiger partial charge is 0.407 e. The van der Waals surface area contributed by atoms with Crippen LogP contribution >= 0.6 is 11.6 Å². The molecule has 2 aromatic rings. The van der Waals surface area contributed by atoms with Crippen molar-refractivity contribution < 1.29 is 85.8 Å². The van der Waals surface area contributed by atoms with Crippen LogP contribution in [0.25, 0.3) is 0 Å². The third-order valence-corrected chi connectivity index (χ3v) is 12.5. The Bertz CT molecular complexity index is 2310. The van der Waals surface area contributed by atoms with Crippen LogP contribution in [0.3, 0.4) is 0 Å². The molecule has 0 spiro atoms. The Morgan fingerprint density at radius 3 is 2.11 bits per heavy atom. The van der Waals surface area contributed by atoms with Crippen LogP contribution < -0.4 is 20.7 Å². The summed E-state index contributed by atoms with van der Waals surface area (Å²) in [4.78, 5) is 106. The van der Waals surface area contributed by atoms with Gasteiger partial charge in [-0.2, -0.15) is 0 Å². The molecular weight excluding hydrogens is 1020 g/mol. The number of ether oxygens (including phenoxy) is 9. The molecule has 0 aromatic heterocycles.